The van der Waals surface area contributed by atoms with E-state index in [2.05, 4.69) is 0 Å². The number of hydrogen-bond donors (Lipinski definition) is 0. The molecule has 1 heterocycles. The van der Waals surface area contributed by atoms with E-state index in [0.717, 1.165) is 12.8 Å². The smallest absolute Gasteiger partial charge is 0.254 e. The molecule has 1 aliphatic heterocycles. The van der Waals surface area contributed by atoms with Gasteiger partial charge in [0.15, 0.2) is 5.78 Å². The van der Waals surface area contributed by atoms with E-state index in [4.69, 9.17) is 0 Å². The van der Waals surface area contributed by atoms with E-state index < -0.39 is 0 Å². The Morgan fingerprint density at radius 2 is 1.89 bits per heavy atom. The van der Waals surface area contributed by atoms with Crippen LogP contribution in [0.4, 0.5) is 0 Å². The van der Waals surface area contributed by atoms with Gasteiger partial charge in [0, 0.05) is 18.0 Å². The minimum Gasteiger partial charge on any atom is -0.329 e. The molecular formula is C15H19NO2. The molecular weight excluding hydrogens is 226 g/mol. The Balaban J connectivity index is 2.17. The quantitative estimate of drug-likeness (QED) is 0.820. The fraction of sp³-hybridized carbons (Fsp3) is 0.467. The van der Waals surface area contributed by atoms with Crippen LogP contribution in [0.1, 0.15) is 37.0 Å². The van der Waals surface area contributed by atoms with Crippen molar-refractivity contribution in [2.45, 2.75) is 32.7 Å². The van der Waals surface area contributed by atoms with E-state index in [1.807, 2.05) is 32.0 Å². The topological polar surface area (TPSA) is 37.4 Å². The Morgan fingerprint density at radius 1 is 1.22 bits per heavy atom. The number of Topliss-reactive ketones (excluding diaryl/α,β-unsaturated/α-hetero) is 1. The number of carbonyl (C=O) groups excluding carboxylic acids is 2. The molecule has 1 atom stereocenters. The normalized spacial score (nSPS) is 19.3. The highest BCUT2D eigenvalue weighted by Gasteiger charge is 2.35. The van der Waals surface area contributed by atoms with Crippen LogP contribution in [0.5, 0.6) is 0 Å². The minimum absolute atomic E-state index is 0.0147. The minimum atomic E-state index is -0.224. The maximum absolute atomic E-state index is 12.4. The second kappa shape index (κ2) is 5.34. The Kier molecular flexibility index (Phi) is 3.80. The van der Waals surface area contributed by atoms with Crippen molar-refractivity contribution in [2.75, 3.05) is 6.54 Å². The molecule has 1 saturated heterocycles. The lowest BCUT2D eigenvalue weighted by Crippen LogP contribution is -2.42. The second-order valence-electron chi connectivity index (χ2n) is 5.08. The van der Waals surface area contributed by atoms with E-state index in [0.29, 0.717) is 12.1 Å². The number of amides is 1. The predicted molar refractivity (Wildman–Crippen MR) is 70.3 cm³/mol. The van der Waals surface area contributed by atoms with Crippen LogP contribution >= 0.6 is 0 Å². The number of ketones is 1. The van der Waals surface area contributed by atoms with Crippen LogP contribution in [-0.4, -0.2) is 29.2 Å². The molecule has 0 saturated carbocycles. The maximum atomic E-state index is 12.4. The average Bonchev–Trinajstić information content (AvgIpc) is 2.87. The molecule has 1 unspecified atom stereocenters. The summed E-state index contributed by atoms with van der Waals surface area (Å²) in [5.74, 6) is 0.142. The molecule has 3 nitrogen and oxygen atoms in total. The van der Waals surface area contributed by atoms with Crippen LogP contribution in [0.15, 0.2) is 30.3 Å². The van der Waals surface area contributed by atoms with Crippen molar-refractivity contribution in [3.63, 3.8) is 0 Å². The number of hydrogen-bond acceptors (Lipinski definition) is 2. The third-order valence-corrected chi connectivity index (χ3v) is 3.43. The first kappa shape index (κ1) is 12.8. The fourth-order valence-electron chi connectivity index (χ4n) is 2.44. The van der Waals surface area contributed by atoms with Crippen molar-refractivity contribution in [2.24, 2.45) is 5.92 Å². The van der Waals surface area contributed by atoms with Gasteiger partial charge in [0.1, 0.15) is 0 Å². The Hall–Kier alpha value is -1.64. The van der Waals surface area contributed by atoms with Crippen LogP contribution in [0.3, 0.4) is 0 Å². The molecule has 1 aliphatic rings. The summed E-state index contributed by atoms with van der Waals surface area (Å²) in [5.41, 5.74) is 0.668. The molecule has 0 bridgehead atoms. The molecule has 1 amide bonds. The lowest BCUT2D eigenvalue weighted by molar-refractivity contribution is -0.125. The summed E-state index contributed by atoms with van der Waals surface area (Å²) in [7, 11) is 0. The van der Waals surface area contributed by atoms with Crippen LogP contribution in [0, 0.1) is 5.92 Å². The second-order valence-corrected chi connectivity index (χ2v) is 5.08. The van der Waals surface area contributed by atoms with Crippen LogP contribution in [0.2, 0.25) is 0 Å². The molecule has 1 aromatic rings. The molecule has 3 heteroatoms. The van der Waals surface area contributed by atoms with Gasteiger partial charge >= 0.3 is 0 Å². The van der Waals surface area contributed by atoms with Crippen molar-refractivity contribution in [1.82, 2.24) is 4.90 Å². The lowest BCUT2D eigenvalue weighted by atomic mass is 9.99. The van der Waals surface area contributed by atoms with Crippen molar-refractivity contribution in [3.05, 3.63) is 35.9 Å². The van der Waals surface area contributed by atoms with Crippen LogP contribution in [0.25, 0.3) is 0 Å². The van der Waals surface area contributed by atoms with Crippen molar-refractivity contribution in [1.29, 1.82) is 0 Å². The molecule has 0 N–H and O–H groups in total. The zero-order valence-electron chi connectivity index (χ0n) is 10.9. The largest absolute Gasteiger partial charge is 0.329 e. The molecule has 18 heavy (non-hydrogen) atoms. The van der Waals surface area contributed by atoms with Crippen molar-refractivity contribution in [3.8, 4) is 0 Å². The van der Waals surface area contributed by atoms with E-state index in [-0.39, 0.29) is 23.7 Å². The third kappa shape index (κ3) is 2.45. The van der Waals surface area contributed by atoms with Gasteiger partial charge in [0.25, 0.3) is 5.91 Å². The van der Waals surface area contributed by atoms with E-state index in [1.165, 1.54) is 0 Å². The highest BCUT2D eigenvalue weighted by atomic mass is 16.2. The highest BCUT2D eigenvalue weighted by Crippen LogP contribution is 2.23. The van der Waals surface area contributed by atoms with Crippen molar-refractivity contribution >= 4 is 11.7 Å². The number of carbonyl (C=O) groups is 2. The van der Waals surface area contributed by atoms with Crippen LogP contribution < -0.4 is 0 Å². The third-order valence-electron chi connectivity index (χ3n) is 3.43. The summed E-state index contributed by atoms with van der Waals surface area (Å²) in [4.78, 5) is 26.2. The van der Waals surface area contributed by atoms with Gasteiger partial charge in [-0.15, -0.1) is 0 Å². The van der Waals surface area contributed by atoms with Gasteiger partial charge in [-0.3, -0.25) is 9.59 Å². The van der Waals surface area contributed by atoms with Gasteiger partial charge < -0.3 is 4.90 Å². The molecule has 0 radical (unpaired) electrons. The standard InChI is InChI=1S/C15H19NO2/c1-11(2)14(17)13-9-6-10-16(13)15(18)12-7-4-3-5-8-12/h3-5,7-8,11,13H,6,9-10H2,1-2H3. The fourth-order valence-corrected chi connectivity index (χ4v) is 2.44. The van der Waals surface area contributed by atoms with Gasteiger partial charge in [-0.2, -0.15) is 0 Å². The van der Waals surface area contributed by atoms with Gasteiger partial charge in [0.05, 0.1) is 6.04 Å². The summed E-state index contributed by atoms with van der Waals surface area (Å²) in [6.07, 6.45) is 1.72. The first-order valence-corrected chi connectivity index (χ1v) is 6.51. The van der Waals surface area contributed by atoms with E-state index in [1.54, 1.807) is 17.0 Å². The first-order chi connectivity index (χ1) is 8.61. The Morgan fingerprint density at radius 3 is 2.50 bits per heavy atom. The summed E-state index contributed by atoms with van der Waals surface area (Å²) < 4.78 is 0. The summed E-state index contributed by atoms with van der Waals surface area (Å²) in [6.45, 7) is 4.48. The first-order valence-electron chi connectivity index (χ1n) is 6.51. The molecule has 0 aliphatic carbocycles. The van der Waals surface area contributed by atoms with Crippen LogP contribution in [-0.2, 0) is 4.79 Å². The highest BCUT2D eigenvalue weighted by molar-refractivity contribution is 5.98. The summed E-state index contributed by atoms with van der Waals surface area (Å²) in [5, 5.41) is 0. The molecule has 0 aromatic heterocycles. The number of likely N-dealkylation sites (tertiary alicyclic amines) is 1. The molecule has 0 spiro atoms. The van der Waals surface area contributed by atoms with Gasteiger partial charge in [0.2, 0.25) is 0 Å². The molecule has 1 fully saturated rings. The van der Waals surface area contributed by atoms with E-state index >= 15 is 0 Å². The van der Waals surface area contributed by atoms with Crippen molar-refractivity contribution < 1.29 is 9.59 Å². The number of nitrogens with zero attached hydrogens (tertiary/aromatic N) is 1. The lowest BCUT2D eigenvalue weighted by Gasteiger charge is -2.25. The van der Waals surface area contributed by atoms with E-state index in [9.17, 15) is 9.59 Å². The zero-order valence-corrected chi connectivity index (χ0v) is 10.9. The Labute approximate surface area is 108 Å². The summed E-state index contributed by atoms with van der Waals surface area (Å²) >= 11 is 0. The predicted octanol–water partition coefficient (Wildman–Crippen LogP) is 2.52. The number of rotatable bonds is 3. The number of benzene rings is 1. The Bertz CT molecular complexity index is 439. The average molecular weight is 245 g/mol. The van der Waals surface area contributed by atoms with Gasteiger partial charge in [-0.05, 0) is 25.0 Å². The zero-order chi connectivity index (χ0) is 13.1. The van der Waals surface area contributed by atoms with Gasteiger partial charge in [-0.25, -0.2) is 0 Å². The molecule has 96 valence electrons. The van der Waals surface area contributed by atoms with Gasteiger partial charge in [-0.1, -0.05) is 32.0 Å². The SMILES string of the molecule is CC(C)C(=O)C1CCCN1C(=O)c1ccccc1. The molecule has 2 rings (SSSR count). The maximum Gasteiger partial charge on any atom is 0.254 e. The monoisotopic (exact) mass is 245 g/mol. The molecule has 1 aromatic carbocycles. The summed E-state index contributed by atoms with van der Waals surface area (Å²) in [6, 6.07) is 8.97.